The van der Waals surface area contributed by atoms with Crippen molar-refractivity contribution in [1.82, 2.24) is 9.97 Å². The van der Waals surface area contributed by atoms with Gasteiger partial charge in [0.1, 0.15) is 6.61 Å². The highest BCUT2D eigenvalue weighted by Gasteiger charge is 2.06. The van der Waals surface area contributed by atoms with Crippen molar-refractivity contribution in [2.75, 3.05) is 11.9 Å². The highest BCUT2D eigenvalue weighted by Crippen LogP contribution is 2.13. The maximum Gasteiger partial charge on any atom is 0.414 e. The third-order valence-electron chi connectivity index (χ3n) is 1.94. The molecule has 1 amide bonds. The quantitative estimate of drug-likeness (QED) is 0.775. The Balaban J connectivity index is 2.09. The number of nitrogens with one attached hydrogen (secondary N) is 2. The first-order valence-corrected chi connectivity index (χ1v) is 4.79. The Morgan fingerprint density at radius 3 is 3.12 bits per heavy atom. The maximum absolute atomic E-state index is 11.2. The molecule has 0 bridgehead atoms. The van der Waals surface area contributed by atoms with Crippen LogP contribution in [-0.4, -0.2) is 22.7 Å². The van der Waals surface area contributed by atoms with Gasteiger partial charge in [-0.1, -0.05) is 24.8 Å². The molecule has 5 nitrogen and oxygen atoms in total. The van der Waals surface area contributed by atoms with Gasteiger partial charge in [-0.25, -0.2) is 9.78 Å². The number of imidazole rings is 1. The van der Waals surface area contributed by atoms with Gasteiger partial charge in [0.25, 0.3) is 0 Å². The number of benzene rings is 1. The number of amides is 1. The summed E-state index contributed by atoms with van der Waals surface area (Å²) in [5, 5.41) is 2.49. The van der Waals surface area contributed by atoms with Crippen LogP contribution in [0.4, 0.5) is 10.7 Å². The fourth-order valence-corrected chi connectivity index (χ4v) is 1.28. The van der Waals surface area contributed by atoms with Crippen molar-refractivity contribution in [1.29, 1.82) is 0 Å². The lowest BCUT2D eigenvalue weighted by Crippen LogP contribution is -2.14. The van der Waals surface area contributed by atoms with Crippen molar-refractivity contribution in [3.8, 4) is 0 Å². The van der Waals surface area contributed by atoms with Gasteiger partial charge in [-0.15, -0.1) is 0 Å². The van der Waals surface area contributed by atoms with E-state index in [0.717, 1.165) is 11.0 Å². The molecule has 82 valence electrons. The minimum atomic E-state index is -0.557. The van der Waals surface area contributed by atoms with Crippen molar-refractivity contribution in [3.05, 3.63) is 36.9 Å². The predicted octanol–water partition coefficient (Wildman–Crippen LogP) is 2.30. The van der Waals surface area contributed by atoms with Crippen LogP contribution in [-0.2, 0) is 4.74 Å². The molecule has 0 aliphatic rings. The van der Waals surface area contributed by atoms with Crippen molar-refractivity contribution < 1.29 is 9.53 Å². The summed E-state index contributed by atoms with van der Waals surface area (Å²) in [5.41, 5.74) is 1.66. The van der Waals surface area contributed by atoms with E-state index in [-0.39, 0.29) is 6.61 Å². The number of hydrogen-bond donors (Lipinski definition) is 2. The van der Waals surface area contributed by atoms with E-state index in [9.17, 15) is 4.79 Å². The summed E-state index contributed by atoms with van der Waals surface area (Å²) in [6.07, 6.45) is 0.942. The highest BCUT2D eigenvalue weighted by atomic mass is 16.5. The number of ether oxygens (including phenoxy) is 1. The molecule has 0 saturated carbocycles. The van der Waals surface area contributed by atoms with Gasteiger partial charge in [0.2, 0.25) is 5.95 Å². The van der Waals surface area contributed by atoms with Crippen LogP contribution in [0.3, 0.4) is 0 Å². The number of rotatable bonds is 3. The fourth-order valence-electron chi connectivity index (χ4n) is 1.28. The van der Waals surface area contributed by atoms with E-state index in [0.29, 0.717) is 5.95 Å². The van der Waals surface area contributed by atoms with Crippen LogP contribution < -0.4 is 5.32 Å². The molecule has 0 atom stereocenters. The van der Waals surface area contributed by atoms with Gasteiger partial charge in [0.05, 0.1) is 11.0 Å². The summed E-state index contributed by atoms with van der Waals surface area (Å²) < 4.78 is 4.76. The van der Waals surface area contributed by atoms with Gasteiger partial charge in [-0.3, -0.25) is 5.32 Å². The second-order valence-corrected chi connectivity index (χ2v) is 3.11. The molecule has 0 spiro atoms. The average Bonchev–Trinajstić information content (AvgIpc) is 2.68. The largest absolute Gasteiger partial charge is 0.445 e. The van der Waals surface area contributed by atoms with Gasteiger partial charge in [0, 0.05) is 0 Å². The first kappa shape index (κ1) is 10.2. The number of carbonyl (C=O) groups excluding carboxylic acids is 1. The van der Waals surface area contributed by atoms with Crippen LogP contribution in [0.15, 0.2) is 36.9 Å². The summed E-state index contributed by atoms with van der Waals surface area (Å²) in [6, 6.07) is 7.50. The Labute approximate surface area is 92.1 Å². The number of hydrogen-bond acceptors (Lipinski definition) is 3. The van der Waals surface area contributed by atoms with Crippen LogP contribution in [0.25, 0.3) is 11.0 Å². The van der Waals surface area contributed by atoms with Gasteiger partial charge in [-0.05, 0) is 12.1 Å². The normalized spacial score (nSPS) is 10.0. The number of fused-ring (bicyclic) bond motifs is 1. The lowest BCUT2D eigenvalue weighted by Gasteiger charge is -2.00. The van der Waals surface area contributed by atoms with E-state index in [2.05, 4.69) is 21.9 Å². The van der Waals surface area contributed by atoms with Gasteiger partial charge < -0.3 is 9.72 Å². The molecule has 0 fully saturated rings. The first-order chi connectivity index (χ1) is 7.79. The monoisotopic (exact) mass is 217 g/mol. The Morgan fingerprint density at radius 1 is 1.56 bits per heavy atom. The fraction of sp³-hybridized carbons (Fsp3) is 0.0909. The molecule has 1 heterocycles. The minimum Gasteiger partial charge on any atom is -0.445 e. The van der Waals surface area contributed by atoms with Crippen LogP contribution in [0.5, 0.6) is 0 Å². The van der Waals surface area contributed by atoms with E-state index in [4.69, 9.17) is 4.74 Å². The molecule has 2 rings (SSSR count). The van der Waals surface area contributed by atoms with Gasteiger partial charge in [-0.2, -0.15) is 0 Å². The van der Waals surface area contributed by atoms with Crippen LogP contribution in [0, 0.1) is 0 Å². The molecule has 2 N–H and O–H groups in total. The molecule has 0 aliphatic carbocycles. The van der Waals surface area contributed by atoms with E-state index in [1.807, 2.05) is 24.3 Å². The zero-order valence-electron chi connectivity index (χ0n) is 8.56. The number of anilines is 1. The number of aromatic amines is 1. The topological polar surface area (TPSA) is 67.0 Å². The van der Waals surface area contributed by atoms with E-state index in [1.165, 1.54) is 6.08 Å². The molecule has 16 heavy (non-hydrogen) atoms. The lowest BCUT2D eigenvalue weighted by molar-refractivity contribution is 0.174. The molecule has 2 aromatic rings. The maximum atomic E-state index is 11.2. The SMILES string of the molecule is C=CCOC(=O)Nc1nc2ccccc2[nH]1. The summed E-state index contributed by atoms with van der Waals surface area (Å²) in [4.78, 5) is 18.3. The number of aromatic nitrogens is 2. The molecule has 1 aromatic carbocycles. The van der Waals surface area contributed by atoms with Crippen molar-refractivity contribution in [2.45, 2.75) is 0 Å². The van der Waals surface area contributed by atoms with E-state index >= 15 is 0 Å². The van der Waals surface area contributed by atoms with Crippen molar-refractivity contribution in [3.63, 3.8) is 0 Å². The predicted molar refractivity (Wildman–Crippen MR) is 61.3 cm³/mol. The third-order valence-corrected chi connectivity index (χ3v) is 1.94. The molecule has 1 aromatic heterocycles. The van der Waals surface area contributed by atoms with Crippen LogP contribution >= 0.6 is 0 Å². The van der Waals surface area contributed by atoms with E-state index < -0.39 is 6.09 Å². The molecule has 5 heteroatoms. The summed E-state index contributed by atoms with van der Waals surface area (Å²) >= 11 is 0. The van der Waals surface area contributed by atoms with Gasteiger partial charge >= 0.3 is 6.09 Å². The second-order valence-electron chi connectivity index (χ2n) is 3.11. The standard InChI is InChI=1S/C11H11N3O2/c1-2-7-16-11(15)14-10-12-8-5-3-4-6-9(8)13-10/h2-6H,1,7H2,(H2,12,13,14,15). The molecule has 0 radical (unpaired) electrons. The average molecular weight is 217 g/mol. The molecule has 0 aliphatic heterocycles. The summed E-state index contributed by atoms with van der Waals surface area (Å²) in [6.45, 7) is 3.62. The minimum absolute atomic E-state index is 0.173. The smallest absolute Gasteiger partial charge is 0.414 e. The van der Waals surface area contributed by atoms with Crippen molar-refractivity contribution >= 4 is 23.1 Å². The summed E-state index contributed by atoms with van der Waals surface area (Å²) in [7, 11) is 0. The zero-order valence-corrected chi connectivity index (χ0v) is 8.56. The molecule has 0 saturated heterocycles. The van der Waals surface area contributed by atoms with Crippen molar-refractivity contribution in [2.24, 2.45) is 0 Å². The first-order valence-electron chi connectivity index (χ1n) is 4.79. The van der Waals surface area contributed by atoms with E-state index in [1.54, 1.807) is 0 Å². The van der Waals surface area contributed by atoms with Gasteiger partial charge in [0.15, 0.2) is 0 Å². The Bertz CT molecular complexity index is 486. The number of nitrogens with zero attached hydrogens (tertiary/aromatic N) is 1. The molecule has 0 unspecified atom stereocenters. The lowest BCUT2D eigenvalue weighted by atomic mass is 10.3. The Hall–Kier alpha value is -2.30. The number of carbonyl (C=O) groups is 1. The second kappa shape index (κ2) is 4.48. The third kappa shape index (κ3) is 2.20. The number of para-hydroxylation sites is 2. The summed E-state index contributed by atoms with van der Waals surface area (Å²) in [5.74, 6) is 0.371. The van der Waals surface area contributed by atoms with Crippen LogP contribution in [0.2, 0.25) is 0 Å². The highest BCUT2D eigenvalue weighted by molar-refractivity contribution is 5.86. The number of H-pyrrole nitrogens is 1. The Morgan fingerprint density at radius 2 is 2.38 bits per heavy atom. The zero-order chi connectivity index (χ0) is 11.4. The molecular formula is C11H11N3O2. The Kier molecular flexibility index (Phi) is 2.86. The molecular weight excluding hydrogens is 206 g/mol. The van der Waals surface area contributed by atoms with Crippen LogP contribution in [0.1, 0.15) is 0 Å².